The maximum atomic E-state index is 12.7. The summed E-state index contributed by atoms with van der Waals surface area (Å²) in [7, 11) is 0. The summed E-state index contributed by atoms with van der Waals surface area (Å²) in [5.74, 6) is 1.38. The molecule has 0 radical (unpaired) electrons. The summed E-state index contributed by atoms with van der Waals surface area (Å²) in [4.78, 5) is 12.2. The number of hydrogen-bond acceptors (Lipinski definition) is 8. The molecular formula is C24H26F3N5O3. The van der Waals surface area contributed by atoms with E-state index in [1.165, 1.54) is 0 Å². The molecule has 2 aromatic carbocycles. The van der Waals surface area contributed by atoms with E-state index in [1.807, 2.05) is 31.2 Å². The van der Waals surface area contributed by atoms with Crippen molar-refractivity contribution < 1.29 is 27.4 Å². The fraction of sp³-hybridized carbons (Fsp3) is 0.292. The van der Waals surface area contributed by atoms with Crippen molar-refractivity contribution in [3.63, 3.8) is 0 Å². The van der Waals surface area contributed by atoms with Crippen molar-refractivity contribution in [1.29, 1.82) is 0 Å². The van der Waals surface area contributed by atoms with Gasteiger partial charge < -0.3 is 24.8 Å². The van der Waals surface area contributed by atoms with Crippen LogP contribution in [0.2, 0.25) is 0 Å². The van der Waals surface area contributed by atoms with Crippen molar-refractivity contribution in [3.05, 3.63) is 66.7 Å². The molecule has 0 saturated heterocycles. The average molecular weight is 489 g/mol. The first-order valence-corrected chi connectivity index (χ1v) is 10.9. The number of halogens is 3. The molecule has 0 spiro atoms. The number of aromatic nitrogens is 3. The van der Waals surface area contributed by atoms with Crippen LogP contribution in [0.25, 0.3) is 0 Å². The lowest BCUT2D eigenvalue weighted by molar-refractivity contribution is -0.154. The number of ether oxygens (including phenoxy) is 3. The van der Waals surface area contributed by atoms with E-state index >= 15 is 0 Å². The second-order valence-electron chi connectivity index (χ2n) is 7.27. The fourth-order valence-electron chi connectivity index (χ4n) is 2.75. The number of anilines is 3. The van der Waals surface area contributed by atoms with Gasteiger partial charge in [-0.15, -0.1) is 0 Å². The molecule has 35 heavy (non-hydrogen) atoms. The molecule has 0 unspecified atom stereocenters. The Hall–Kier alpha value is -4.02. The van der Waals surface area contributed by atoms with E-state index in [9.17, 15) is 13.2 Å². The second kappa shape index (κ2) is 12.4. The van der Waals surface area contributed by atoms with Crippen LogP contribution >= 0.6 is 0 Å². The second-order valence-corrected chi connectivity index (χ2v) is 7.27. The lowest BCUT2D eigenvalue weighted by Gasteiger charge is -2.13. The van der Waals surface area contributed by atoms with Crippen LogP contribution in [-0.2, 0) is 6.54 Å². The topological polar surface area (TPSA) is 90.4 Å². The van der Waals surface area contributed by atoms with Gasteiger partial charge in [-0.2, -0.15) is 28.1 Å². The molecule has 0 amide bonds. The fourth-order valence-corrected chi connectivity index (χ4v) is 2.75. The Morgan fingerprint density at radius 1 is 0.943 bits per heavy atom. The minimum Gasteiger partial charge on any atom is -0.494 e. The summed E-state index contributed by atoms with van der Waals surface area (Å²) in [6, 6.07) is 13.9. The van der Waals surface area contributed by atoms with Crippen LogP contribution in [-0.4, -0.2) is 40.9 Å². The Kier molecular flexibility index (Phi) is 9.10. The highest BCUT2D eigenvalue weighted by Crippen LogP contribution is 2.23. The summed E-state index contributed by atoms with van der Waals surface area (Å²) in [5, 5.41) is 5.92. The lowest BCUT2D eigenvalue weighted by Crippen LogP contribution is -2.21. The minimum absolute atomic E-state index is 0.00357. The van der Waals surface area contributed by atoms with Gasteiger partial charge >= 0.3 is 12.2 Å². The van der Waals surface area contributed by atoms with Crippen LogP contribution in [0.5, 0.6) is 17.5 Å². The molecule has 3 aromatic rings. The number of alkyl halides is 3. The molecule has 0 aliphatic rings. The summed E-state index contributed by atoms with van der Waals surface area (Å²) in [5.41, 5.74) is 1.46. The molecule has 2 N–H and O–H groups in total. The highest BCUT2D eigenvalue weighted by molar-refractivity contribution is 5.56. The van der Waals surface area contributed by atoms with Gasteiger partial charge in [-0.1, -0.05) is 37.8 Å². The zero-order valence-electron chi connectivity index (χ0n) is 19.1. The lowest BCUT2D eigenvalue weighted by atomic mass is 10.2. The quantitative estimate of drug-likeness (QED) is 0.303. The highest BCUT2D eigenvalue weighted by atomic mass is 19.4. The zero-order valence-corrected chi connectivity index (χ0v) is 19.1. The van der Waals surface area contributed by atoms with Crippen LogP contribution in [0, 0.1) is 0 Å². The van der Waals surface area contributed by atoms with Gasteiger partial charge in [-0.3, -0.25) is 0 Å². The van der Waals surface area contributed by atoms with Crippen molar-refractivity contribution in [2.45, 2.75) is 26.1 Å². The van der Waals surface area contributed by atoms with E-state index in [0.717, 1.165) is 17.7 Å². The van der Waals surface area contributed by atoms with E-state index in [2.05, 4.69) is 32.2 Å². The van der Waals surface area contributed by atoms with Gasteiger partial charge in [0.05, 0.1) is 6.61 Å². The third-order valence-electron chi connectivity index (χ3n) is 4.28. The number of hydrogen-bond donors (Lipinski definition) is 2. The largest absolute Gasteiger partial charge is 0.494 e. The number of benzene rings is 2. The van der Waals surface area contributed by atoms with E-state index in [0.29, 0.717) is 31.2 Å². The Balaban J connectivity index is 1.74. The minimum atomic E-state index is -4.54. The molecular weight excluding hydrogens is 463 g/mol. The molecule has 186 valence electrons. The summed E-state index contributed by atoms with van der Waals surface area (Å²) < 4.78 is 53.8. The van der Waals surface area contributed by atoms with Gasteiger partial charge in [-0.05, 0) is 36.2 Å². The first kappa shape index (κ1) is 25.6. The molecule has 0 aliphatic heterocycles. The number of nitrogens with zero attached hydrogens (tertiary/aromatic N) is 3. The molecule has 3 rings (SSSR count). The Labute approximate surface area is 201 Å². The van der Waals surface area contributed by atoms with E-state index < -0.39 is 18.8 Å². The Bertz CT molecular complexity index is 1090. The highest BCUT2D eigenvalue weighted by Gasteiger charge is 2.29. The normalized spacial score (nSPS) is 11.0. The summed E-state index contributed by atoms with van der Waals surface area (Å²) >= 11 is 0. The van der Waals surface area contributed by atoms with Crippen molar-refractivity contribution in [3.8, 4) is 17.5 Å². The molecule has 0 saturated carbocycles. The summed E-state index contributed by atoms with van der Waals surface area (Å²) in [6.45, 7) is 5.37. The third kappa shape index (κ3) is 9.03. The predicted molar refractivity (Wildman–Crippen MR) is 126 cm³/mol. The van der Waals surface area contributed by atoms with Crippen molar-refractivity contribution in [1.82, 2.24) is 15.0 Å². The van der Waals surface area contributed by atoms with E-state index in [4.69, 9.17) is 14.2 Å². The SMILES string of the molecule is C=CCOc1cccc(Nc2nc(NCc3ccc(OCCC)cc3)nc(OCC(F)(F)F)n2)c1. The number of nitrogens with one attached hydrogen (secondary N) is 2. The van der Waals surface area contributed by atoms with Gasteiger partial charge in [0.15, 0.2) is 6.61 Å². The van der Waals surface area contributed by atoms with Crippen molar-refractivity contribution in [2.24, 2.45) is 0 Å². The third-order valence-corrected chi connectivity index (χ3v) is 4.28. The molecule has 1 aromatic heterocycles. The van der Waals surface area contributed by atoms with Crippen molar-refractivity contribution in [2.75, 3.05) is 30.5 Å². The first-order valence-electron chi connectivity index (χ1n) is 10.9. The smallest absolute Gasteiger partial charge is 0.422 e. The molecule has 0 fully saturated rings. The number of rotatable bonds is 13. The Morgan fingerprint density at radius 2 is 1.71 bits per heavy atom. The van der Waals surface area contributed by atoms with Gasteiger partial charge in [0.25, 0.3) is 0 Å². The van der Waals surface area contributed by atoms with Gasteiger partial charge in [0, 0.05) is 18.3 Å². The molecule has 8 nitrogen and oxygen atoms in total. The van der Waals surface area contributed by atoms with E-state index in [1.54, 1.807) is 30.3 Å². The van der Waals surface area contributed by atoms with Crippen LogP contribution in [0.3, 0.4) is 0 Å². The van der Waals surface area contributed by atoms with Gasteiger partial charge in [0.2, 0.25) is 11.9 Å². The van der Waals surface area contributed by atoms with Gasteiger partial charge in [0.1, 0.15) is 18.1 Å². The maximum Gasteiger partial charge on any atom is 0.422 e. The van der Waals surface area contributed by atoms with Gasteiger partial charge in [-0.25, -0.2) is 0 Å². The van der Waals surface area contributed by atoms with Crippen LogP contribution in [0.4, 0.5) is 30.8 Å². The Morgan fingerprint density at radius 3 is 2.43 bits per heavy atom. The average Bonchev–Trinajstić information content (AvgIpc) is 2.84. The van der Waals surface area contributed by atoms with Crippen LogP contribution < -0.4 is 24.8 Å². The van der Waals surface area contributed by atoms with Crippen molar-refractivity contribution >= 4 is 17.6 Å². The van der Waals surface area contributed by atoms with Crippen LogP contribution in [0.15, 0.2) is 61.2 Å². The van der Waals surface area contributed by atoms with Crippen LogP contribution in [0.1, 0.15) is 18.9 Å². The molecule has 11 heteroatoms. The standard InChI is InChI=1S/C24H26F3N5O3/c1-3-12-33-19-10-8-17(9-11-19)15-28-21-30-22(32-23(31-21)35-16-24(25,26)27)29-18-6-5-7-20(14-18)34-13-4-2/h4-11,14H,2-3,12-13,15-16H2,1H3,(H2,28,29,30,31,32). The molecule has 1 heterocycles. The molecule has 0 bridgehead atoms. The van der Waals surface area contributed by atoms with E-state index in [-0.39, 0.29) is 11.9 Å². The maximum absolute atomic E-state index is 12.7. The molecule has 0 aliphatic carbocycles. The summed E-state index contributed by atoms with van der Waals surface area (Å²) in [6.07, 6.45) is -2.02. The predicted octanol–water partition coefficient (Wildman–Crippen LogP) is 5.52. The first-order chi connectivity index (χ1) is 16.8. The molecule has 0 atom stereocenters. The zero-order chi connectivity index (χ0) is 25.1. The monoisotopic (exact) mass is 489 g/mol.